The van der Waals surface area contributed by atoms with Crippen LogP contribution in [0.2, 0.25) is 0 Å². The number of carboxylic acid groups (broad SMARTS) is 1. The lowest BCUT2D eigenvalue weighted by Crippen LogP contribution is -2.60. The van der Waals surface area contributed by atoms with Crippen molar-refractivity contribution in [3.05, 3.63) is 24.3 Å². The SMILES string of the molecule is NC(CCCCNC(=O)CCC(=O)Nc1ccc(O[C@@H]2O[C@@H](CO)[C@H](O)[C@@H](O)[C@H]2O)cc1)C(=O)O. The van der Waals surface area contributed by atoms with Gasteiger partial charge >= 0.3 is 5.97 Å². The lowest BCUT2D eigenvalue weighted by Gasteiger charge is -2.39. The molecular formula is C22H33N3O10. The Bertz CT molecular complexity index is 835. The minimum atomic E-state index is -1.56. The van der Waals surface area contributed by atoms with Crippen molar-refractivity contribution in [2.24, 2.45) is 5.73 Å². The number of amides is 2. The van der Waals surface area contributed by atoms with Gasteiger partial charge in [-0.2, -0.15) is 0 Å². The number of aliphatic hydroxyl groups excluding tert-OH is 4. The molecule has 1 aromatic carbocycles. The first kappa shape index (κ1) is 28.4. The zero-order valence-electron chi connectivity index (χ0n) is 19.1. The molecule has 1 aliphatic heterocycles. The van der Waals surface area contributed by atoms with E-state index in [4.69, 9.17) is 20.3 Å². The smallest absolute Gasteiger partial charge is 0.320 e. The number of carboxylic acids is 1. The highest BCUT2D eigenvalue weighted by Crippen LogP contribution is 2.25. The number of unbranched alkanes of at least 4 members (excludes halogenated alkanes) is 1. The number of anilines is 1. The van der Waals surface area contributed by atoms with Gasteiger partial charge in [0.15, 0.2) is 0 Å². The highest BCUT2D eigenvalue weighted by molar-refractivity contribution is 5.93. The monoisotopic (exact) mass is 499 g/mol. The zero-order valence-corrected chi connectivity index (χ0v) is 19.1. The summed E-state index contributed by atoms with van der Waals surface area (Å²) >= 11 is 0. The van der Waals surface area contributed by atoms with E-state index in [2.05, 4.69) is 10.6 Å². The number of ether oxygens (including phenoxy) is 2. The highest BCUT2D eigenvalue weighted by Gasteiger charge is 2.44. The van der Waals surface area contributed by atoms with E-state index >= 15 is 0 Å². The molecule has 13 nitrogen and oxygen atoms in total. The standard InChI is InChI=1S/C22H33N3O10/c23-14(21(32)33)3-1-2-10-24-16(27)8-9-17(28)25-12-4-6-13(7-5-12)34-22-20(31)19(30)18(29)15(11-26)35-22/h4-7,14-15,18-20,22,26,29-31H,1-3,8-11,23H2,(H,24,27)(H,25,28)(H,32,33)/t14?,15-,18-,19+,20+,22+/m0/s1. The summed E-state index contributed by atoms with van der Waals surface area (Å²) in [5, 5.41) is 52.9. The Morgan fingerprint density at radius 1 is 1.00 bits per heavy atom. The molecule has 0 spiro atoms. The minimum absolute atomic E-state index is 0.0151. The first-order chi connectivity index (χ1) is 16.6. The number of aliphatic carboxylic acids is 1. The normalized spacial score (nSPS) is 24.9. The van der Waals surface area contributed by atoms with E-state index < -0.39 is 49.3 Å². The van der Waals surface area contributed by atoms with Gasteiger partial charge in [0, 0.05) is 25.1 Å². The number of nitrogens with two attached hydrogens (primary N) is 1. The van der Waals surface area contributed by atoms with Gasteiger partial charge in [-0.15, -0.1) is 0 Å². The van der Waals surface area contributed by atoms with Crippen molar-refractivity contribution < 1.29 is 49.4 Å². The van der Waals surface area contributed by atoms with Crippen LogP contribution in [-0.4, -0.2) is 93.2 Å². The third-order valence-corrected chi connectivity index (χ3v) is 5.40. The molecule has 0 saturated carbocycles. The Morgan fingerprint density at radius 2 is 1.66 bits per heavy atom. The number of carbonyl (C=O) groups is 3. The maximum absolute atomic E-state index is 12.1. The molecule has 1 aromatic rings. The number of nitrogens with one attached hydrogen (secondary N) is 2. The molecule has 0 bridgehead atoms. The molecule has 196 valence electrons. The summed E-state index contributed by atoms with van der Waals surface area (Å²) in [5.41, 5.74) is 5.84. The number of aliphatic hydroxyl groups is 4. The fourth-order valence-electron chi connectivity index (χ4n) is 3.30. The molecule has 2 amide bonds. The van der Waals surface area contributed by atoms with Gasteiger partial charge in [0.25, 0.3) is 0 Å². The Balaban J connectivity index is 1.70. The third-order valence-electron chi connectivity index (χ3n) is 5.40. The third kappa shape index (κ3) is 9.05. The Morgan fingerprint density at radius 3 is 2.29 bits per heavy atom. The molecule has 1 aliphatic rings. The number of rotatable bonds is 13. The molecular weight excluding hydrogens is 466 g/mol. The molecule has 1 saturated heterocycles. The van der Waals surface area contributed by atoms with Crippen molar-refractivity contribution in [1.82, 2.24) is 5.32 Å². The van der Waals surface area contributed by atoms with Crippen LogP contribution in [0.25, 0.3) is 0 Å². The molecule has 0 radical (unpaired) electrons. The Kier molecular flexibility index (Phi) is 11.3. The van der Waals surface area contributed by atoms with E-state index in [9.17, 15) is 34.8 Å². The van der Waals surface area contributed by atoms with Crippen molar-refractivity contribution in [2.45, 2.75) is 68.9 Å². The molecule has 13 heteroatoms. The lowest BCUT2D eigenvalue weighted by molar-refractivity contribution is -0.277. The number of hydrogen-bond donors (Lipinski definition) is 8. The minimum Gasteiger partial charge on any atom is -0.480 e. The quantitative estimate of drug-likeness (QED) is 0.143. The molecule has 0 aromatic heterocycles. The van der Waals surface area contributed by atoms with Gasteiger partial charge < -0.3 is 51.4 Å². The summed E-state index contributed by atoms with van der Waals surface area (Å²) in [6.07, 6.45) is -5.60. The van der Waals surface area contributed by atoms with Gasteiger partial charge in [0.2, 0.25) is 18.1 Å². The van der Waals surface area contributed by atoms with Crippen molar-refractivity contribution in [2.75, 3.05) is 18.5 Å². The molecule has 1 fully saturated rings. The average Bonchev–Trinajstić information content (AvgIpc) is 2.83. The fourth-order valence-corrected chi connectivity index (χ4v) is 3.30. The largest absolute Gasteiger partial charge is 0.480 e. The van der Waals surface area contributed by atoms with Crippen molar-refractivity contribution in [3.8, 4) is 5.75 Å². The van der Waals surface area contributed by atoms with E-state index in [-0.39, 0.29) is 30.4 Å². The summed E-state index contributed by atoms with van der Waals surface area (Å²) in [7, 11) is 0. The first-order valence-corrected chi connectivity index (χ1v) is 11.2. The summed E-state index contributed by atoms with van der Waals surface area (Å²) in [6.45, 7) is -0.210. The maximum atomic E-state index is 12.1. The fraction of sp³-hybridized carbons (Fsp3) is 0.591. The van der Waals surface area contributed by atoms with Gasteiger partial charge in [-0.1, -0.05) is 0 Å². The van der Waals surface area contributed by atoms with Crippen molar-refractivity contribution in [1.29, 1.82) is 0 Å². The van der Waals surface area contributed by atoms with Crippen LogP contribution in [0.15, 0.2) is 24.3 Å². The summed E-state index contributed by atoms with van der Waals surface area (Å²) in [6, 6.07) is 5.11. The van der Waals surface area contributed by atoms with Crippen LogP contribution in [-0.2, 0) is 19.1 Å². The van der Waals surface area contributed by atoms with Gasteiger partial charge in [-0.3, -0.25) is 14.4 Å². The summed E-state index contributed by atoms with van der Waals surface area (Å²) < 4.78 is 10.8. The van der Waals surface area contributed by atoms with E-state index in [0.717, 1.165) is 0 Å². The second-order valence-electron chi connectivity index (χ2n) is 8.18. The Hall–Kier alpha value is -2.81. The summed E-state index contributed by atoms with van der Waals surface area (Å²) in [5.74, 6) is -1.49. The van der Waals surface area contributed by atoms with Gasteiger partial charge in [0.05, 0.1) is 6.61 Å². The Labute approximate surface area is 201 Å². The molecule has 1 unspecified atom stereocenters. The average molecular weight is 500 g/mol. The van der Waals surface area contributed by atoms with Gasteiger partial charge in [0.1, 0.15) is 36.2 Å². The second-order valence-corrected chi connectivity index (χ2v) is 8.18. The van der Waals surface area contributed by atoms with E-state index in [1.54, 1.807) is 0 Å². The lowest BCUT2D eigenvalue weighted by atomic mass is 9.99. The first-order valence-electron chi connectivity index (χ1n) is 11.2. The second kappa shape index (κ2) is 13.9. The predicted octanol–water partition coefficient (Wildman–Crippen LogP) is -1.72. The van der Waals surface area contributed by atoms with Gasteiger partial charge in [-0.05, 0) is 43.5 Å². The van der Waals surface area contributed by atoms with Crippen LogP contribution in [0, 0.1) is 0 Å². The van der Waals surface area contributed by atoms with E-state index in [1.165, 1.54) is 24.3 Å². The van der Waals surface area contributed by atoms with Crippen molar-refractivity contribution in [3.63, 3.8) is 0 Å². The van der Waals surface area contributed by atoms with E-state index in [0.29, 0.717) is 31.5 Å². The number of benzene rings is 1. The summed E-state index contributed by atoms with van der Waals surface area (Å²) in [4.78, 5) is 34.6. The molecule has 9 N–H and O–H groups in total. The van der Waals surface area contributed by atoms with Crippen LogP contribution in [0.4, 0.5) is 5.69 Å². The van der Waals surface area contributed by atoms with Crippen molar-refractivity contribution >= 4 is 23.5 Å². The van der Waals surface area contributed by atoms with Crippen LogP contribution >= 0.6 is 0 Å². The van der Waals surface area contributed by atoms with Gasteiger partial charge in [-0.25, -0.2) is 0 Å². The maximum Gasteiger partial charge on any atom is 0.320 e. The van der Waals surface area contributed by atoms with Crippen LogP contribution in [0.1, 0.15) is 32.1 Å². The molecule has 6 atom stereocenters. The molecule has 0 aliphatic carbocycles. The van der Waals surface area contributed by atoms with Crippen LogP contribution in [0.5, 0.6) is 5.75 Å². The molecule has 2 rings (SSSR count). The number of hydrogen-bond acceptors (Lipinski definition) is 10. The molecule has 1 heterocycles. The van der Waals surface area contributed by atoms with Crippen LogP contribution < -0.4 is 21.1 Å². The molecule has 35 heavy (non-hydrogen) atoms. The van der Waals surface area contributed by atoms with E-state index in [1.807, 2.05) is 0 Å². The van der Waals surface area contributed by atoms with Crippen LogP contribution in [0.3, 0.4) is 0 Å². The zero-order chi connectivity index (χ0) is 26.0. The number of carbonyl (C=O) groups excluding carboxylic acids is 2. The predicted molar refractivity (Wildman–Crippen MR) is 121 cm³/mol. The highest BCUT2D eigenvalue weighted by atomic mass is 16.7. The topological polar surface area (TPSA) is 221 Å².